The molecular formula is C5H4N5Na. The minimum atomic E-state index is 0. The van der Waals surface area contributed by atoms with E-state index in [4.69, 9.17) is 5.73 Å². The minimum Gasteiger partial charge on any atom is -0.383 e. The number of fused-ring (bicyclic) bond motifs is 1. The first-order valence-corrected chi connectivity index (χ1v) is 2.72. The maximum Gasteiger partial charge on any atom is 1.00 e. The van der Waals surface area contributed by atoms with E-state index in [0.29, 0.717) is 17.0 Å². The van der Waals surface area contributed by atoms with E-state index < -0.39 is 0 Å². The van der Waals surface area contributed by atoms with Crippen molar-refractivity contribution in [3.05, 3.63) is 12.7 Å². The van der Waals surface area contributed by atoms with Gasteiger partial charge in [0.15, 0.2) is 0 Å². The molecule has 0 saturated heterocycles. The average Bonchev–Trinajstić information content (AvgIpc) is 2.36. The van der Waals surface area contributed by atoms with Crippen molar-refractivity contribution in [1.29, 1.82) is 0 Å². The Morgan fingerprint density at radius 1 is 1.27 bits per heavy atom. The van der Waals surface area contributed by atoms with Gasteiger partial charge in [-0.3, -0.25) is 0 Å². The van der Waals surface area contributed by atoms with E-state index in [9.17, 15) is 0 Å². The first-order valence-electron chi connectivity index (χ1n) is 2.72. The number of nitrogens with two attached hydrogens (primary N) is 1. The SMILES string of the molecule is Nc1ncnc2[n-]cnc12.[Na+]. The van der Waals surface area contributed by atoms with Gasteiger partial charge in [0.1, 0.15) is 5.82 Å². The molecule has 0 atom stereocenters. The third kappa shape index (κ3) is 1.35. The van der Waals surface area contributed by atoms with Gasteiger partial charge >= 0.3 is 29.6 Å². The Bertz CT molecular complexity index is 356. The Hall–Kier alpha value is -0.650. The van der Waals surface area contributed by atoms with Gasteiger partial charge in [-0.05, 0) is 6.33 Å². The van der Waals surface area contributed by atoms with Crippen LogP contribution in [0.15, 0.2) is 12.7 Å². The van der Waals surface area contributed by atoms with Crippen molar-refractivity contribution in [1.82, 2.24) is 19.9 Å². The molecule has 2 aromatic heterocycles. The third-order valence-electron chi connectivity index (χ3n) is 1.20. The van der Waals surface area contributed by atoms with Crippen LogP contribution in [0, 0.1) is 0 Å². The molecule has 0 spiro atoms. The van der Waals surface area contributed by atoms with Crippen molar-refractivity contribution >= 4 is 17.0 Å². The molecule has 0 bridgehead atoms. The fourth-order valence-electron chi connectivity index (χ4n) is 0.742. The summed E-state index contributed by atoms with van der Waals surface area (Å²) in [5.41, 5.74) is 6.57. The number of anilines is 1. The zero-order chi connectivity index (χ0) is 6.97. The molecule has 0 fully saturated rings. The van der Waals surface area contributed by atoms with E-state index >= 15 is 0 Å². The van der Waals surface area contributed by atoms with Gasteiger partial charge in [-0.2, -0.15) is 0 Å². The largest absolute Gasteiger partial charge is 1.00 e. The second-order valence-corrected chi connectivity index (χ2v) is 1.80. The summed E-state index contributed by atoms with van der Waals surface area (Å²) in [6, 6.07) is 0. The van der Waals surface area contributed by atoms with Crippen LogP contribution < -0.4 is 40.3 Å². The number of hydrogen-bond donors (Lipinski definition) is 1. The summed E-state index contributed by atoms with van der Waals surface area (Å²) in [4.78, 5) is 15.3. The molecule has 0 saturated carbocycles. The van der Waals surface area contributed by atoms with E-state index in [2.05, 4.69) is 19.9 Å². The topological polar surface area (TPSA) is 78.8 Å². The van der Waals surface area contributed by atoms with Crippen LogP contribution in [0.4, 0.5) is 5.82 Å². The molecule has 50 valence electrons. The van der Waals surface area contributed by atoms with Crippen molar-refractivity contribution in [2.75, 3.05) is 5.73 Å². The average molecular weight is 157 g/mol. The van der Waals surface area contributed by atoms with Crippen LogP contribution in [-0.2, 0) is 0 Å². The van der Waals surface area contributed by atoms with Gasteiger partial charge in [-0.15, -0.1) is 0 Å². The first-order chi connectivity index (χ1) is 4.88. The normalized spacial score (nSPS) is 9.45. The Morgan fingerprint density at radius 2 is 2.09 bits per heavy atom. The summed E-state index contributed by atoms with van der Waals surface area (Å²) < 4.78 is 0. The van der Waals surface area contributed by atoms with Crippen LogP contribution in [-0.4, -0.2) is 15.0 Å². The molecule has 0 aliphatic rings. The maximum absolute atomic E-state index is 5.45. The fraction of sp³-hybridized carbons (Fsp3) is 0. The second kappa shape index (κ2) is 3.17. The van der Waals surface area contributed by atoms with Gasteiger partial charge in [0.25, 0.3) is 0 Å². The Morgan fingerprint density at radius 3 is 2.82 bits per heavy atom. The molecule has 0 radical (unpaired) electrons. The molecule has 5 nitrogen and oxygen atoms in total. The monoisotopic (exact) mass is 157 g/mol. The van der Waals surface area contributed by atoms with E-state index in [1.165, 1.54) is 12.7 Å². The predicted molar refractivity (Wildman–Crippen MR) is 35.1 cm³/mol. The zero-order valence-electron chi connectivity index (χ0n) is 6.02. The summed E-state index contributed by atoms with van der Waals surface area (Å²) in [7, 11) is 0. The van der Waals surface area contributed by atoms with Crippen molar-refractivity contribution < 1.29 is 29.6 Å². The van der Waals surface area contributed by atoms with Crippen molar-refractivity contribution in [3.63, 3.8) is 0 Å². The van der Waals surface area contributed by atoms with Gasteiger partial charge in [-0.25, -0.2) is 4.98 Å². The van der Waals surface area contributed by atoms with Crippen LogP contribution in [0.5, 0.6) is 0 Å². The molecule has 0 unspecified atom stereocenters. The van der Waals surface area contributed by atoms with Crippen molar-refractivity contribution in [2.24, 2.45) is 0 Å². The number of imidazole rings is 1. The first kappa shape index (κ1) is 8.45. The molecule has 0 aromatic carbocycles. The molecule has 0 aliphatic heterocycles. The number of nitrogen functional groups attached to an aromatic ring is 1. The smallest absolute Gasteiger partial charge is 0.383 e. The quantitative estimate of drug-likeness (QED) is 0.403. The standard InChI is InChI=1S/C5H4N5.Na/c6-4-3-5(9-1-7-3)10-2-8-4;/h1-2H,(H2-,6,7,8,9,10);/q-1;+1. The molecule has 2 N–H and O–H groups in total. The number of nitrogens with zero attached hydrogens (tertiary/aromatic N) is 4. The van der Waals surface area contributed by atoms with Crippen LogP contribution in [0.1, 0.15) is 0 Å². The van der Waals surface area contributed by atoms with E-state index in [1.54, 1.807) is 0 Å². The third-order valence-corrected chi connectivity index (χ3v) is 1.20. The molecule has 2 heterocycles. The Balaban J connectivity index is 0.000000605. The number of aromatic nitrogens is 4. The summed E-state index contributed by atoms with van der Waals surface area (Å²) >= 11 is 0. The zero-order valence-corrected chi connectivity index (χ0v) is 8.02. The summed E-state index contributed by atoms with van der Waals surface area (Å²) in [6.07, 6.45) is 2.78. The Labute approximate surface area is 84.7 Å². The van der Waals surface area contributed by atoms with Crippen molar-refractivity contribution in [2.45, 2.75) is 0 Å². The molecule has 0 aliphatic carbocycles. The summed E-state index contributed by atoms with van der Waals surface area (Å²) in [6.45, 7) is 0. The second-order valence-electron chi connectivity index (χ2n) is 1.80. The Kier molecular flexibility index (Phi) is 2.43. The van der Waals surface area contributed by atoms with Gasteiger partial charge in [-0.1, -0.05) is 0 Å². The van der Waals surface area contributed by atoms with Gasteiger partial charge in [0.05, 0.1) is 0 Å². The predicted octanol–water partition coefficient (Wildman–Crippen LogP) is -3.43. The molecule has 6 heteroatoms. The van der Waals surface area contributed by atoms with Gasteiger partial charge < -0.3 is 20.7 Å². The van der Waals surface area contributed by atoms with E-state index in [0.717, 1.165) is 0 Å². The molecular weight excluding hydrogens is 153 g/mol. The van der Waals surface area contributed by atoms with Crippen LogP contribution in [0.2, 0.25) is 0 Å². The maximum atomic E-state index is 5.45. The fourth-order valence-corrected chi connectivity index (χ4v) is 0.742. The van der Waals surface area contributed by atoms with E-state index in [1.807, 2.05) is 0 Å². The number of hydrogen-bond acceptors (Lipinski definition) is 4. The molecule has 2 aromatic rings. The molecule has 2 rings (SSSR count). The van der Waals surface area contributed by atoms with Crippen molar-refractivity contribution in [3.8, 4) is 0 Å². The van der Waals surface area contributed by atoms with Crippen LogP contribution >= 0.6 is 0 Å². The van der Waals surface area contributed by atoms with Crippen LogP contribution in [0.25, 0.3) is 11.2 Å². The molecule has 11 heavy (non-hydrogen) atoms. The van der Waals surface area contributed by atoms with Gasteiger partial charge in [0, 0.05) is 17.5 Å². The molecule has 0 amide bonds. The number of rotatable bonds is 0. The van der Waals surface area contributed by atoms with Crippen LogP contribution in [0.3, 0.4) is 0 Å². The van der Waals surface area contributed by atoms with E-state index in [-0.39, 0.29) is 29.6 Å². The van der Waals surface area contributed by atoms with Gasteiger partial charge in [0.2, 0.25) is 0 Å². The summed E-state index contributed by atoms with van der Waals surface area (Å²) in [5.74, 6) is 0.377. The minimum absolute atomic E-state index is 0. The summed E-state index contributed by atoms with van der Waals surface area (Å²) in [5, 5.41) is 0.